The third-order valence-electron chi connectivity index (χ3n) is 3.31. The highest BCUT2D eigenvalue weighted by Gasteiger charge is 2.26. The van der Waals surface area contributed by atoms with Crippen LogP contribution in [-0.2, 0) is 22.0 Å². The average Bonchev–Trinajstić information content (AvgIpc) is 2.80. The number of rotatable bonds is 5. The summed E-state index contributed by atoms with van der Waals surface area (Å²) < 4.78 is 11.0. The topological polar surface area (TPSA) is 58.2 Å². The molecule has 0 bridgehead atoms. The quantitative estimate of drug-likeness (QED) is 0.854. The summed E-state index contributed by atoms with van der Waals surface area (Å²) in [5.41, 5.74) is 2.23. The molecular formula is C14H20N2O2S. The zero-order chi connectivity index (χ0) is 13.8. The lowest BCUT2D eigenvalue weighted by molar-refractivity contribution is -0.122. The number of amides is 1. The van der Waals surface area contributed by atoms with Crippen LogP contribution in [0.25, 0.3) is 0 Å². The van der Waals surface area contributed by atoms with Crippen LogP contribution < -0.4 is 10.6 Å². The first-order valence-electron chi connectivity index (χ1n) is 6.51. The van der Waals surface area contributed by atoms with Crippen LogP contribution in [-0.4, -0.2) is 34.2 Å². The summed E-state index contributed by atoms with van der Waals surface area (Å²) in [5.74, 6) is 0.644. The Morgan fingerprint density at radius 2 is 2.26 bits per heavy atom. The van der Waals surface area contributed by atoms with Gasteiger partial charge in [0.15, 0.2) is 0 Å². The second-order valence-electron chi connectivity index (χ2n) is 5.03. The van der Waals surface area contributed by atoms with Gasteiger partial charge >= 0.3 is 0 Å². The minimum atomic E-state index is -0.802. The van der Waals surface area contributed by atoms with Crippen molar-refractivity contribution in [2.45, 2.75) is 31.8 Å². The lowest BCUT2D eigenvalue weighted by Crippen LogP contribution is -2.43. The van der Waals surface area contributed by atoms with Crippen LogP contribution in [0.3, 0.4) is 0 Å². The van der Waals surface area contributed by atoms with E-state index in [9.17, 15) is 9.00 Å². The summed E-state index contributed by atoms with van der Waals surface area (Å²) in [5, 5.41) is 6.21. The van der Waals surface area contributed by atoms with Crippen molar-refractivity contribution >= 4 is 22.4 Å². The number of anilines is 1. The van der Waals surface area contributed by atoms with E-state index in [1.807, 2.05) is 31.2 Å². The first-order chi connectivity index (χ1) is 9.06. The molecule has 0 saturated carbocycles. The molecule has 0 saturated heterocycles. The number of hydrogen-bond donors (Lipinski definition) is 2. The first-order valence-corrected chi connectivity index (χ1v) is 8.24. The molecule has 1 aliphatic heterocycles. The van der Waals surface area contributed by atoms with Crippen LogP contribution in [0.15, 0.2) is 24.3 Å². The Kier molecular flexibility index (Phi) is 4.58. The van der Waals surface area contributed by atoms with Gasteiger partial charge in [0.1, 0.15) is 6.04 Å². The Morgan fingerprint density at radius 3 is 2.95 bits per heavy atom. The van der Waals surface area contributed by atoms with Gasteiger partial charge in [0.25, 0.3) is 0 Å². The molecule has 1 aromatic rings. The summed E-state index contributed by atoms with van der Waals surface area (Å²) in [6.07, 6.45) is 3.16. The molecule has 104 valence electrons. The molecule has 1 amide bonds. The third-order valence-corrected chi connectivity index (χ3v) is 4.13. The predicted molar refractivity (Wildman–Crippen MR) is 78.7 cm³/mol. The van der Waals surface area contributed by atoms with Crippen LogP contribution in [0, 0.1) is 0 Å². The fourth-order valence-electron chi connectivity index (χ4n) is 2.21. The van der Waals surface area contributed by atoms with Gasteiger partial charge in [-0.2, -0.15) is 0 Å². The molecule has 3 unspecified atom stereocenters. The first kappa shape index (κ1) is 14.1. The van der Waals surface area contributed by atoms with E-state index in [1.54, 1.807) is 6.26 Å². The summed E-state index contributed by atoms with van der Waals surface area (Å²) >= 11 is 0. The normalized spacial score (nSPS) is 20.2. The number of carbonyl (C=O) groups is 1. The molecular weight excluding hydrogens is 260 g/mol. The molecule has 0 aliphatic carbocycles. The average molecular weight is 280 g/mol. The SMILES string of the molecule is CC(CCS(C)=O)NC(=O)C1Cc2ccccc2N1. The standard InChI is InChI=1S/C14H20N2O2S/c1-10(7-8-19(2)18)15-14(17)13-9-11-5-3-4-6-12(11)16-13/h3-6,10,13,16H,7-9H2,1-2H3,(H,15,17). The lowest BCUT2D eigenvalue weighted by atomic mass is 10.1. The second-order valence-corrected chi connectivity index (χ2v) is 6.59. The molecule has 19 heavy (non-hydrogen) atoms. The fraction of sp³-hybridized carbons (Fsp3) is 0.500. The Labute approximate surface area is 116 Å². The zero-order valence-corrected chi connectivity index (χ0v) is 12.1. The van der Waals surface area contributed by atoms with Gasteiger partial charge in [-0.1, -0.05) is 18.2 Å². The van der Waals surface area contributed by atoms with Crippen LogP contribution in [0.2, 0.25) is 0 Å². The van der Waals surface area contributed by atoms with Crippen LogP contribution in [0.5, 0.6) is 0 Å². The maximum absolute atomic E-state index is 12.1. The maximum atomic E-state index is 12.1. The van der Waals surface area contributed by atoms with E-state index >= 15 is 0 Å². The second kappa shape index (κ2) is 6.19. The van der Waals surface area contributed by atoms with Crippen molar-refractivity contribution < 1.29 is 9.00 Å². The van der Waals surface area contributed by atoms with Gasteiger partial charge in [-0.15, -0.1) is 0 Å². The van der Waals surface area contributed by atoms with E-state index < -0.39 is 10.8 Å². The van der Waals surface area contributed by atoms with Crippen LogP contribution in [0.4, 0.5) is 5.69 Å². The molecule has 1 aliphatic rings. The molecule has 5 heteroatoms. The van der Waals surface area contributed by atoms with Crippen LogP contribution in [0.1, 0.15) is 18.9 Å². The minimum absolute atomic E-state index is 0.0191. The zero-order valence-electron chi connectivity index (χ0n) is 11.3. The van der Waals surface area contributed by atoms with E-state index in [2.05, 4.69) is 10.6 Å². The molecule has 1 aromatic carbocycles. The Morgan fingerprint density at radius 1 is 1.53 bits per heavy atom. The number of para-hydroxylation sites is 1. The molecule has 1 heterocycles. The van der Waals surface area contributed by atoms with Crippen molar-refractivity contribution in [2.24, 2.45) is 0 Å². The molecule has 3 atom stereocenters. The van der Waals surface area contributed by atoms with Crippen molar-refractivity contribution in [3.63, 3.8) is 0 Å². The minimum Gasteiger partial charge on any atom is -0.373 e. The molecule has 0 aromatic heterocycles. The summed E-state index contributed by atoms with van der Waals surface area (Å²) in [4.78, 5) is 12.1. The Hall–Kier alpha value is -1.36. The number of nitrogens with one attached hydrogen (secondary N) is 2. The van der Waals surface area contributed by atoms with E-state index in [-0.39, 0.29) is 18.0 Å². The van der Waals surface area contributed by atoms with Crippen molar-refractivity contribution in [3.05, 3.63) is 29.8 Å². The highest BCUT2D eigenvalue weighted by molar-refractivity contribution is 7.84. The van der Waals surface area contributed by atoms with Gasteiger partial charge in [0, 0.05) is 41.0 Å². The summed E-state index contributed by atoms with van der Waals surface area (Å²) in [7, 11) is -0.802. The molecule has 0 spiro atoms. The molecule has 0 radical (unpaired) electrons. The molecule has 2 rings (SSSR count). The van der Waals surface area contributed by atoms with Gasteiger partial charge in [0.2, 0.25) is 5.91 Å². The van der Waals surface area contributed by atoms with Crippen LogP contribution >= 0.6 is 0 Å². The van der Waals surface area contributed by atoms with E-state index in [1.165, 1.54) is 5.56 Å². The summed E-state index contributed by atoms with van der Waals surface area (Å²) in [6.45, 7) is 1.95. The van der Waals surface area contributed by atoms with Crippen molar-refractivity contribution in [1.29, 1.82) is 0 Å². The Bertz CT molecular complexity index is 465. The smallest absolute Gasteiger partial charge is 0.243 e. The third kappa shape index (κ3) is 3.80. The molecule has 0 fully saturated rings. The van der Waals surface area contributed by atoms with E-state index in [4.69, 9.17) is 0 Å². The number of carbonyl (C=O) groups excluding carboxylic acids is 1. The van der Waals surface area contributed by atoms with Crippen molar-refractivity contribution in [1.82, 2.24) is 5.32 Å². The van der Waals surface area contributed by atoms with Gasteiger partial charge < -0.3 is 10.6 Å². The van der Waals surface area contributed by atoms with Crippen molar-refractivity contribution in [2.75, 3.05) is 17.3 Å². The number of hydrogen-bond acceptors (Lipinski definition) is 3. The Balaban J connectivity index is 1.84. The largest absolute Gasteiger partial charge is 0.373 e. The summed E-state index contributed by atoms with van der Waals surface area (Å²) in [6, 6.07) is 7.85. The monoisotopic (exact) mass is 280 g/mol. The fourth-order valence-corrected chi connectivity index (χ4v) is 2.90. The maximum Gasteiger partial charge on any atom is 0.243 e. The highest BCUT2D eigenvalue weighted by Crippen LogP contribution is 2.25. The van der Waals surface area contributed by atoms with E-state index in [0.717, 1.165) is 18.5 Å². The highest BCUT2D eigenvalue weighted by atomic mass is 32.2. The molecule has 2 N–H and O–H groups in total. The van der Waals surface area contributed by atoms with Gasteiger partial charge in [-0.25, -0.2) is 0 Å². The predicted octanol–water partition coefficient (Wildman–Crippen LogP) is 1.30. The van der Waals surface area contributed by atoms with Gasteiger partial charge in [0.05, 0.1) is 0 Å². The molecule has 4 nitrogen and oxygen atoms in total. The number of benzene rings is 1. The lowest BCUT2D eigenvalue weighted by Gasteiger charge is -2.17. The van der Waals surface area contributed by atoms with Crippen molar-refractivity contribution in [3.8, 4) is 0 Å². The van der Waals surface area contributed by atoms with Gasteiger partial charge in [-0.3, -0.25) is 9.00 Å². The van der Waals surface area contributed by atoms with E-state index in [0.29, 0.717) is 5.75 Å². The van der Waals surface area contributed by atoms with Gasteiger partial charge in [-0.05, 0) is 25.0 Å². The number of fused-ring (bicyclic) bond motifs is 1.